The Morgan fingerprint density at radius 2 is 1.96 bits per heavy atom. The standard InChI is InChI=1S/C21H27N3O3/c1-2-27-20(25)13-24-15-6-5-7-16(24)11-14(10-15)23-21(26)18-12-22-19-9-4-3-8-17(18)19/h3-4,8-9,12,14-16,22H,2,5-7,10-11,13H2,1H3,(H,23,26)/t14?,15-,16+. The largest absolute Gasteiger partial charge is 0.465 e. The van der Waals surface area contributed by atoms with Crippen LogP contribution in [0.3, 0.4) is 0 Å². The number of esters is 1. The molecule has 2 aliphatic heterocycles. The van der Waals surface area contributed by atoms with Gasteiger partial charge in [0.1, 0.15) is 0 Å². The molecular formula is C21H27N3O3. The monoisotopic (exact) mass is 369 g/mol. The van der Waals surface area contributed by atoms with Gasteiger partial charge >= 0.3 is 5.97 Å². The third kappa shape index (κ3) is 3.72. The van der Waals surface area contributed by atoms with Crippen molar-refractivity contribution in [1.82, 2.24) is 15.2 Å². The van der Waals surface area contributed by atoms with Gasteiger partial charge in [0.2, 0.25) is 0 Å². The molecule has 2 saturated heterocycles. The van der Waals surface area contributed by atoms with E-state index in [0.717, 1.165) is 36.6 Å². The zero-order chi connectivity index (χ0) is 18.8. The summed E-state index contributed by atoms with van der Waals surface area (Å²) in [5, 5.41) is 4.19. The number of H-pyrrole nitrogens is 1. The van der Waals surface area contributed by atoms with Crippen LogP contribution in [0, 0.1) is 0 Å². The number of piperidine rings is 2. The Bertz CT molecular complexity index is 817. The number of nitrogens with one attached hydrogen (secondary N) is 2. The lowest BCUT2D eigenvalue weighted by molar-refractivity contribution is -0.147. The fourth-order valence-electron chi connectivity index (χ4n) is 4.73. The van der Waals surface area contributed by atoms with E-state index in [-0.39, 0.29) is 17.9 Å². The Labute approximate surface area is 159 Å². The molecule has 1 amide bonds. The van der Waals surface area contributed by atoms with Crippen molar-refractivity contribution in [3.8, 4) is 0 Å². The first kappa shape index (κ1) is 18.0. The van der Waals surface area contributed by atoms with E-state index in [1.54, 1.807) is 6.20 Å². The molecule has 2 bridgehead atoms. The third-order valence-electron chi connectivity index (χ3n) is 5.91. The second-order valence-corrected chi connectivity index (χ2v) is 7.61. The molecule has 2 N–H and O–H groups in total. The van der Waals surface area contributed by atoms with Crippen molar-refractivity contribution in [2.45, 2.75) is 57.2 Å². The van der Waals surface area contributed by atoms with Crippen LogP contribution in [-0.2, 0) is 9.53 Å². The van der Waals surface area contributed by atoms with Crippen molar-refractivity contribution in [2.24, 2.45) is 0 Å². The Morgan fingerprint density at radius 3 is 2.70 bits per heavy atom. The zero-order valence-electron chi connectivity index (χ0n) is 15.7. The fraction of sp³-hybridized carbons (Fsp3) is 0.524. The predicted octanol–water partition coefficient (Wildman–Crippen LogP) is 2.85. The highest BCUT2D eigenvalue weighted by atomic mass is 16.5. The topological polar surface area (TPSA) is 74.4 Å². The van der Waals surface area contributed by atoms with Gasteiger partial charge in [-0.3, -0.25) is 14.5 Å². The maximum atomic E-state index is 12.8. The van der Waals surface area contributed by atoms with Crippen molar-refractivity contribution in [3.05, 3.63) is 36.0 Å². The molecule has 144 valence electrons. The summed E-state index contributed by atoms with van der Waals surface area (Å²) in [6.45, 7) is 2.63. The molecule has 27 heavy (non-hydrogen) atoms. The van der Waals surface area contributed by atoms with Crippen LogP contribution in [0.15, 0.2) is 30.5 Å². The number of hydrogen-bond acceptors (Lipinski definition) is 4. The summed E-state index contributed by atoms with van der Waals surface area (Å²) in [7, 11) is 0. The summed E-state index contributed by atoms with van der Waals surface area (Å²) in [5.74, 6) is -0.162. The smallest absolute Gasteiger partial charge is 0.320 e. The van der Waals surface area contributed by atoms with Gasteiger partial charge in [0, 0.05) is 35.2 Å². The average molecular weight is 369 g/mol. The van der Waals surface area contributed by atoms with Crippen molar-refractivity contribution in [1.29, 1.82) is 0 Å². The molecule has 1 aromatic heterocycles. The normalized spacial score (nSPS) is 25.3. The van der Waals surface area contributed by atoms with Gasteiger partial charge in [-0.25, -0.2) is 0 Å². The summed E-state index contributed by atoms with van der Waals surface area (Å²) in [6.07, 6.45) is 6.92. The molecule has 2 fully saturated rings. The van der Waals surface area contributed by atoms with Gasteiger partial charge < -0.3 is 15.0 Å². The highest BCUT2D eigenvalue weighted by Gasteiger charge is 2.39. The number of ether oxygens (including phenoxy) is 1. The quantitative estimate of drug-likeness (QED) is 0.795. The third-order valence-corrected chi connectivity index (χ3v) is 5.91. The molecule has 6 heteroatoms. The molecule has 3 heterocycles. The number of nitrogens with zero attached hydrogens (tertiary/aromatic N) is 1. The van der Waals surface area contributed by atoms with Gasteiger partial charge in [-0.15, -0.1) is 0 Å². The summed E-state index contributed by atoms with van der Waals surface area (Å²) >= 11 is 0. The lowest BCUT2D eigenvalue weighted by Crippen LogP contribution is -2.58. The van der Waals surface area contributed by atoms with Crippen molar-refractivity contribution in [3.63, 3.8) is 0 Å². The lowest BCUT2D eigenvalue weighted by atomic mass is 9.81. The average Bonchev–Trinajstić information content (AvgIpc) is 3.07. The number of carbonyl (C=O) groups excluding carboxylic acids is 2. The van der Waals surface area contributed by atoms with Crippen LogP contribution in [-0.4, -0.2) is 53.0 Å². The van der Waals surface area contributed by atoms with Crippen LogP contribution >= 0.6 is 0 Å². The van der Waals surface area contributed by atoms with Gasteiger partial charge in [0.25, 0.3) is 5.91 Å². The van der Waals surface area contributed by atoms with E-state index >= 15 is 0 Å². The highest BCUT2D eigenvalue weighted by Crippen LogP contribution is 2.34. The Morgan fingerprint density at radius 1 is 1.22 bits per heavy atom. The van der Waals surface area contributed by atoms with E-state index in [0.29, 0.717) is 30.8 Å². The zero-order valence-corrected chi connectivity index (χ0v) is 15.7. The minimum atomic E-state index is -0.143. The molecule has 2 aliphatic rings. The van der Waals surface area contributed by atoms with E-state index in [2.05, 4.69) is 15.2 Å². The van der Waals surface area contributed by atoms with Gasteiger partial charge in [0.15, 0.2) is 0 Å². The van der Waals surface area contributed by atoms with Crippen molar-refractivity contribution >= 4 is 22.8 Å². The molecule has 0 saturated carbocycles. The maximum Gasteiger partial charge on any atom is 0.320 e. The number of aromatic amines is 1. The molecule has 0 aliphatic carbocycles. The number of aromatic nitrogens is 1. The Kier molecular flexibility index (Phi) is 5.16. The van der Waals surface area contributed by atoms with Crippen LogP contribution < -0.4 is 5.32 Å². The molecule has 0 spiro atoms. The molecule has 3 atom stereocenters. The van der Waals surface area contributed by atoms with Crippen LogP contribution in [0.5, 0.6) is 0 Å². The van der Waals surface area contributed by atoms with Gasteiger partial charge in [-0.05, 0) is 38.7 Å². The van der Waals surface area contributed by atoms with Crippen molar-refractivity contribution < 1.29 is 14.3 Å². The van der Waals surface area contributed by atoms with E-state index in [4.69, 9.17) is 4.74 Å². The van der Waals surface area contributed by atoms with E-state index in [9.17, 15) is 9.59 Å². The summed E-state index contributed by atoms with van der Waals surface area (Å²) < 4.78 is 5.14. The Hall–Kier alpha value is -2.34. The molecular weight excluding hydrogens is 342 g/mol. The number of hydrogen-bond donors (Lipinski definition) is 2. The van der Waals surface area contributed by atoms with Gasteiger partial charge in [-0.1, -0.05) is 24.6 Å². The number of para-hydroxylation sites is 1. The van der Waals surface area contributed by atoms with E-state index in [1.807, 2.05) is 31.2 Å². The predicted molar refractivity (Wildman–Crippen MR) is 104 cm³/mol. The summed E-state index contributed by atoms with van der Waals surface area (Å²) in [5.41, 5.74) is 1.67. The van der Waals surface area contributed by atoms with Crippen molar-refractivity contribution in [2.75, 3.05) is 13.2 Å². The summed E-state index contributed by atoms with van der Waals surface area (Å²) in [4.78, 5) is 30.2. The number of rotatable bonds is 5. The molecule has 2 aromatic rings. The highest BCUT2D eigenvalue weighted by molar-refractivity contribution is 6.06. The van der Waals surface area contributed by atoms with E-state index in [1.165, 1.54) is 6.42 Å². The van der Waals surface area contributed by atoms with E-state index < -0.39 is 0 Å². The number of carbonyl (C=O) groups is 2. The molecule has 1 unspecified atom stereocenters. The molecule has 0 radical (unpaired) electrons. The number of fused-ring (bicyclic) bond motifs is 3. The fourth-order valence-corrected chi connectivity index (χ4v) is 4.73. The second kappa shape index (κ2) is 7.72. The Balaban J connectivity index is 1.43. The van der Waals surface area contributed by atoms with Crippen LogP contribution in [0.25, 0.3) is 10.9 Å². The maximum absolute atomic E-state index is 12.8. The molecule has 6 nitrogen and oxygen atoms in total. The molecule has 4 rings (SSSR count). The lowest BCUT2D eigenvalue weighted by Gasteiger charge is -2.48. The minimum absolute atomic E-state index is 0.0191. The van der Waals surface area contributed by atoms with Gasteiger partial charge in [-0.2, -0.15) is 0 Å². The first-order valence-electron chi connectivity index (χ1n) is 9.94. The minimum Gasteiger partial charge on any atom is -0.465 e. The van der Waals surface area contributed by atoms with Crippen LogP contribution in [0.1, 0.15) is 49.4 Å². The number of benzene rings is 1. The van der Waals surface area contributed by atoms with Crippen LogP contribution in [0.2, 0.25) is 0 Å². The molecule has 1 aromatic carbocycles. The summed E-state index contributed by atoms with van der Waals surface area (Å²) in [6, 6.07) is 8.69. The first-order valence-corrected chi connectivity index (χ1v) is 9.94. The SMILES string of the molecule is CCOC(=O)CN1[C@@H]2CCC[C@H]1CC(NC(=O)c1c[nH]c3ccccc13)C2. The number of amides is 1. The van der Waals surface area contributed by atoms with Gasteiger partial charge in [0.05, 0.1) is 18.7 Å². The first-order chi connectivity index (χ1) is 13.2. The second-order valence-electron chi connectivity index (χ2n) is 7.61. The van der Waals surface area contributed by atoms with Crippen LogP contribution in [0.4, 0.5) is 0 Å².